The van der Waals surface area contributed by atoms with Crippen molar-refractivity contribution in [2.24, 2.45) is 0 Å². The van der Waals surface area contributed by atoms with E-state index >= 15 is 0 Å². The largest absolute Gasteiger partial charge is 0.338 e. The molecule has 174 valence electrons. The molecule has 2 aromatic heterocycles. The maximum Gasteiger partial charge on any atom is 0.321 e. The second-order valence-electron chi connectivity index (χ2n) is 8.00. The number of carbonyl (C=O) groups is 2. The van der Waals surface area contributed by atoms with E-state index in [1.165, 1.54) is 12.1 Å². The fourth-order valence-corrected chi connectivity index (χ4v) is 2.87. The molecule has 0 unspecified atom stereocenters. The van der Waals surface area contributed by atoms with E-state index in [0.717, 1.165) is 6.54 Å². The Hall–Kier alpha value is -3.74. The Kier molecular flexibility index (Phi) is 8.46. The molecule has 13 heteroatoms. The van der Waals surface area contributed by atoms with Gasteiger partial charge in [-0.1, -0.05) is 0 Å². The van der Waals surface area contributed by atoms with Crippen LogP contribution in [-0.4, -0.2) is 76.8 Å². The number of rotatable bonds is 9. The van der Waals surface area contributed by atoms with Crippen molar-refractivity contribution in [3.63, 3.8) is 0 Å². The molecule has 6 N–H and O–H groups in total. The highest BCUT2D eigenvalue weighted by Gasteiger charge is 2.15. The van der Waals surface area contributed by atoms with Gasteiger partial charge in [-0.25, -0.2) is 9.59 Å². The number of hydrogen-bond acceptors (Lipinski definition) is 6. The minimum atomic E-state index is -0.458. The minimum absolute atomic E-state index is 0.0931. The summed E-state index contributed by atoms with van der Waals surface area (Å²) in [5, 5.41) is 10.4. The molecule has 2 rings (SSSR count). The van der Waals surface area contributed by atoms with Gasteiger partial charge in [0.2, 0.25) is 11.9 Å². The molecule has 0 aliphatic heterocycles. The highest BCUT2D eigenvalue weighted by molar-refractivity contribution is 5.87. The molecule has 0 fully saturated rings. The molecule has 0 saturated heterocycles. The van der Waals surface area contributed by atoms with Crippen molar-refractivity contribution in [1.82, 2.24) is 30.6 Å². The number of H-pyrrole nitrogens is 2. The van der Waals surface area contributed by atoms with Crippen molar-refractivity contribution in [2.45, 2.75) is 20.3 Å². The van der Waals surface area contributed by atoms with Gasteiger partial charge in [-0.2, -0.15) is 9.97 Å². The Morgan fingerprint density at radius 3 is 1.78 bits per heavy atom. The average molecular weight is 449 g/mol. The summed E-state index contributed by atoms with van der Waals surface area (Å²) in [7, 11) is 4.03. The van der Waals surface area contributed by atoms with E-state index in [0.29, 0.717) is 41.9 Å². The van der Waals surface area contributed by atoms with Gasteiger partial charge in [0.15, 0.2) is 0 Å². The molecule has 0 aliphatic carbocycles. The van der Waals surface area contributed by atoms with Gasteiger partial charge in [-0.3, -0.25) is 20.2 Å². The maximum absolute atomic E-state index is 12.0. The topological polar surface area (TPSA) is 174 Å². The van der Waals surface area contributed by atoms with Crippen molar-refractivity contribution in [2.75, 3.05) is 50.9 Å². The quantitative estimate of drug-likeness (QED) is 0.230. The normalized spacial score (nSPS) is 11.0. The molecule has 0 radical (unpaired) electrons. The van der Waals surface area contributed by atoms with E-state index in [1.54, 1.807) is 13.8 Å². The van der Waals surface area contributed by atoms with Crippen LogP contribution in [0, 0.1) is 13.8 Å². The van der Waals surface area contributed by atoms with Gasteiger partial charge in [-0.15, -0.1) is 0 Å². The predicted molar refractivity (Wildman–Crippen MR) is 120 cm³/mol. The van der Waals surface area contributed by atoms with Gasteiger partial charge in [0, 0.05) is 36.5 Å². The molecule has 0 aromatic carbocycles. The summed E-state index contributed by atoms with van der Waals surface area (Å²) in [6.45, 7) is 5.66. The zero-order valence-electron chi connectivity index (χ0n) is 18.7. The third-order valence-electron chi connectivity index (χ3n) is 4.45. The fraction of sp³-hybridized carbons (Fsp3) is 0.474. The third kappa shape index (κ3) is 8.95. The van der Waals surface area contributed by atoms with E-state index in [1.807, 2.05) is 14.1 Å². The molecule has 13 nitrogen and oxygen atoms in total. The van der Waals surface area contributed by atoms with Crippen molar-refractivity contribution in [3.05, 3.63) is 44.2 Å². The van der Waals surface area contributed by atoms with E-state index < -0.39 is 23.2 Å². The first-order valence-corrected chi connectivity index (χ1v) is 10.1. The second kappa shape index (κ2) is 11.0. The number of likely N-dealkylation sites (N-methyl/N-ethyl adjacent to an activating group) is 1. The average Bonchev–Trinajstić information content (AvgIpc) is 2.63. The van der Waals surface area contributed by atoms with Crippen LogP contribution in [0.5, 0.6) is 0 Å². The van der Waals surface area contributed by atoms with E-state index in [4.69, 9.17) is 0 Å². The molecule has 4 amide bonds. The molecular weight excluding hydrogens is 418 g/mol. The van der Waals surface area contributed by atoms with Gasteiger partial charge in [0.05, 0.1) is 33.7 Å². The Morgan fingerprint density at radius 2 is 1.31 bits per heavy atom. The summed E-state index contributed by atoms with van der Waals surface area (Å²) in [5.41, 5.74) is 0.343. The van der Waals surface area contributed by atoms with Crippen LogP contribution in [0.15, 0.2) is 21.7 Å². The van der Waals surface area contributed by atoms with Crippen LogP contribution in [0.1, 0.15) is 17.8 Å². The van der Waals surface area contributed by atoms with Gasteiger partial charge < -0.3 is 25.1 Å². The van der Waals surface area contributed by atoms with Crippen LogP contribution in [0.25, 0.3) is 0 Å². The first-order chi connectivity index (χ1) is 15.0. The summed E-state index contributed by atoms with van der Waals surface area (Å²) in [6.07, 6.45) is 0.707. The number of hydrogen-bond donors (Lipinski definition) is 6. The lowest BCUT2D eigenvalue weighted by molar-refractivity contribution is -0.889. The van der Waals surface area contributed by atoms with Gasteiger partial charge in [0.25, 0.3) is 11.1 Å². The number of nitrogens with one attached hydrogen (secondary N) is 6. The number of aromatic nitrogens is 4. The number of quaternary nitrogens is 1. The molecular formula is C19H30N9O4+. The molecule has 0 saturated carbocycles. The first kappa shape index (κ1) is 24.5. The highest BCUT2D eigenvalue weighted by atomic mass is 16.2. The number of nitrogens with zero attached hydrogens (tertiary/aromatic N) is 3. The Bertz CT molecular complexity index is 1060. The molecule has 0 atom stereocenters. The third-order valence-corrected chi connectivity index (χ3v) is 4.45. The molecule has 0 aliphatic rings. The lowest BCUT2D eigenvalue weighted by atomic mass is 10.3. The monoisotopic (exact) mass is 448 g/mol. The zero-order valence-corrected chi connectivity index (χ0v) is 18.7. The van der Waals surface area contributed by atoms with Crippen LogP contribution in [0.3, 0.4) is 0 Å². The summed E-state index contributed by atoms with van der Waals surface area (Å²) in [5.74, 6) is 0.188. The van der Waals surface area contributed by atoms with Crippen LogP contribution in [-0.2, 0) is 0 Å². The zero-order chi connectivity index (χ0) is 23.7. The number of urea groups is 2. The summed E-state index contributed by atoms with van der Waals surface area (Å²) in [6, 6.07) is 1.76. The number of carbonyl (C=O) groups excluding carboxylic acids is 2. The van der Waals surface area contributed by atoms with E-state index in [9.17, 15) is 19.2 Å². The lowest BCUT2D eigenvalue weighted by Gasteiger charge is -2.29. The standard InChI is InChI=1S/C19H29N9O4/c1-12-10-14(29)24-16(22-12)26-18(31)20-6-5-8-28(3,4)9-7-21-19(32)27-17-23-13(2)11-15(30)25-17/h10-11H,5-9H2,1-4H3,(H5-,20,21,22,23,24,25,26,27,29,30,31,32)/p+1. The SMILES string of the molecule is Cc1cc(=O)nc(NC(=O)NCCC[N+](C)(C)CCNC(=O)Nc2nc(=O)cc(C)[nH]2)[nH]1. The minimum Gasteiger partial charge on any atom is -0.338 e. The first-order valence-electron chi connectivity index (χ1n) is 10.1. The number of anilines is 2. The van der Waals surface area contributed by atoms with E-state index in [-0.39, 0.29) is 11.9 Å². The van der Waals surface area contributed by atoms with Gasteiger partial charge >= 0.3 is 12.1 Å². The Balaban J connectivity index is 1.65. The molecule has 2 aromatic rings. The fourth-order valence-electron chi connectivity index (χ4n) is 2.87. The molecule has 0 spiro atoms. The molecule has 32 heavy (non-hydrogen) atoms. The van der Waals surface area contributed by atoms with E-state index in [2.05, 4.69) is 41.2 Å². The number of amides is 4. The Labute approximate surface area is 184 Å². The summed E-state index contributed by atoms with van der Waals surface area (Å²) < 4.78 is 0.621. The highest BCUT2D eigenvalue weighted by Crippen LogP contribution is 1.99. The predicted octanol–water partition coefficient (Wildman–Crippen LogP) is -0.120. The van der Waals surface area contributed by atoms with Crippen LogP contribution in [0.2, 0.25) is 0 Å². The van der Waals surface area contributed by atoms with Gasteiger partial charge in [0.1, 0.15) is 0 Å². The maximum atomic E-state index is 12.0. The summed E-state index contributed by atoms with van der Waals surface area (Å²) in [4.78, 5) is 59.6. The van der Waals surface area contributed by atoms with Crippen LogP contribution < -0.4 is 32.4 Å². The molecule has 2 heterocycles. The second-order valence-corrected chi connectivity index (χ2v) is 8.00. The number of aryl methyl sites for hydroxylation is 2. The lowest BCUT2D eigenvalue weighted by Crippen LogP contribution is -2.47. The molecule has 0 bridgehead atoms. The van der Waals surface area contributed by atoms with Crippen molar-refractivity contribution in [3.8, 4) is 0 Å². The van der Waals surface area contributed by atoms with Crippen molar-refractivity contribution >= 4 is 24.0 Å². The van der Waals surface area contributed by atoms with Gasteiger partial charge in [-0.05, 0) is 13.8 Å². The van der Waals surface area contributed by atoms with Crippen molar-refractivity contribution < 1.29 is 14.1 Å². The summed E-state index contributed by atoms with van der Waals surface area (Å²) >= 11 is 0. The van der Waals surface area contributed by atoms with Crippen LogP contribution >= 0.6 is 0 Å². The van der Waals surface area contributed by atoms with Crippen molar-refractivity contribution in [1.29, 1.82) is 0 Å². The van der Waals surface area contributed by atoms with Crippen LogP contribution in [0.4, 0.5) is 21.5 Å². The Morgan fingerprint density at radius 1 is 0.844 bits per heavy atom. The number of aromatic amines is 2. The smallest absolute Gasteiger partial charge is 0.321 e.